The molecule has 5 nitrogen and oxygen atoms in total. The first kappa shape index (κ1) is 16.5. The first-order valence-corrected chi connectivity index (χ1v) is 9.10. The Labute approximate surface area is 139 Å². The lowest BCUT2D eigenvalue weighted by Crippen LogP contribution is -2.37. The average molecular weight is 318 g/mol. The second kappa shape index (κ2) is 7.04. The zero-order valence-electron chi connectivity index (χ0n) is 14.8. The monoisotopic (exact) mass is 318 g/mol. The van der Waals surface area contributed by atoms with Crippen molar-refractivity contribution in [2.45, 2.75) is 70.9 Å². The van der Waals surface area contributed by atoms with Gasteiger partial charge in [0.1, 0.15) is 5.82 Å². The maximum absolute atomic E-state index is 12.1. The molecule has 1 aromatic rings. The number of fused-ring (bicyclic) bond motifs is 1. The van der Waals surface area contributed by atoms with E-state index in [9.17, 15) is 4.79 Å². The minimum absolute atomic E-state index is 0.214. The number of nitrogens with one attached hydrogen (secondary N) is 1. The summed E-state index contributed by atoms with van der Waals surface area (Å²) in [7, 11) is 2.13. The number of imidazole rings is 1. The highest BCUT2D eigenvalue weighted by atomic mass is 16.1. The summed E-state index contributed by atoms with van der Waals surface area (Å²) in [5, 5.41) is 3.18. The molecule has 0 spiro atoms. The molecule has 1 aromatic heterocycles. The molecule has 1 N–H and O–H groups in total. The van der Waals surface area contributed by atoms with Crippen LogP contribution < -0.4 is 5.32 Å². The molecule has 0 unspecified atom stereocenters. The zero-order chi connectivity index (χ0) is 16.4. The Bertz CT molecular complexity index is 558. The molecule has 128 valence electrons. The van der Waals surface area contributed by atoms with Gasteiger partial charge in [-0.1, -0.05) is 26.7 Å². The average Bonchev–Trinajstić information content (AvgIpc) is 3.13. The van der Waals surface area contributed by atoms with Gasteiger partial charge in [-0.05, 0) is 12.8 Å². The van der Waals surface area contributed by atoms with E-state index in [0.29, 0.717) is 18.4 Å². The van der Waals surface area contributed by atoms with Gasteiger partial charge in [-0.25, -0.2) is 4.98 Å². The molecule has 0 atom stereocenters. The predicted octanol–water partition coefficient (Wildman–Crippen LogP) is 2.35. The summed E-state index contributed by atoms with van der Waals surface area (Å²) in [6.07, 6.45) is 6.48. The minimum atomic E-state index is 0.214. The van der Waals surface area contributed by atoms with Gasteiger partial charge in [0.05, 0.1) is 5.69 Å². The SMILES string of the molecule is CC(C)c1nc2c(n1C)CCN(CCC(=O)NC1CCCC1)C2. The third-order valence-corrected chi connectivity index (χ3v) is 5.26. The Morgan fingerprint density at radius 2 is 2.09 bits per heavy atom. The molecule has 2 heterocycles. The van der Waals surface area contributed by atoms with Gasteiger partial charge in [-0.3, -0.25) is 9.69 Å². The van der Waals surface area contributed by atoms with Gasteiger partial charge >= 0.3 is 0 Å². The second-order valence-electron chi connectivity index (χ2n) is 7.40. The van der Waals surface area contributed by atoms with Gasteiger partial charge < -0.3 is 9.88 Å². The maximum Gasteiger partial charge on any atom is 0.221 e. The van der Waals surface area contributed by atoms with Crippen LogP contribution in [-0.4, -0.2) is 39.5 Å². The molecule has 1 aliphatic carbocycles. The zero-order valence-corrected chi connectivity index (χ0v) is 14.8. The number of rotatable bonds is 5. The van der Waals surface area contributed by atoms with Crippen molar-refractivity contribution < 1.29 is 4.79 Å². The first-order valence-electron chi connectivity index (χ1n) is 9.10. The number of carbonyl (C=O) groups is 1. The first-order chi connectivity index (χ1) is 11.0. The molecule has 1 saturated carbocycles. The third kappa shape index (κ3) is 3.77. The van der Waals surface area contributed by atoms with Crippen LogP contribution >= 0.6 is 0 Å². The van der Waals surface area contributed by atoms with Crippen LogP contribution in [0.1, 0.15) is 69.1 Å². The van der Waals surface area contributed by atoms with Crippen LogP contribution in [0.25, 0.3) is 0 Å². The Balaban J connectivity index is 1.51. The number of amides is 1. The van der Waals surface area contributed by atoms with Crippen molar-refractivity contribution in [1.82, 2.24) is 19.8 Å². The summed E-state index contributed by atoms with van der Waals surface area (Å²) in [5.74, 6) is 1.85. The van der Waals surface area contributed by atoms with Crippen molar-refractivity contribution >= 4 is 5.91 Å². The van der Waals surface area contributed by atoms with Crippen LogP contribution in [0.5, 0.6) is 0 Å². The van der Waals surface area contributed by atoms with E-state index in [2.05, 4.69) is 35.7 Å². The van der Waals surface area contributed by atoms with E-state index in [1.54, 1.807) is 0 Å². The molecule has 0 aromatic carbocycles. The number of hydrogen-bond donors (Lipinski definition) is 1. The van der Waals surface area contributed by atoms with Crippen LogP contribution in [0.2, 0.25) is 0 Å². The smallest absolute Gasteiger partial charge is 0.221 e. The van der Waals surface area contributed by atoms with Gasteiger partial charge in [0, 0.05) is 57.2 Å². The standard InChI is InChI=1S/C18H30N4O/c1-13(2)18-20-15-12-22(10-8-16(15)21(18)3)11-9-17(23)19-14-6-4-5-7-14/h13-14H,4-12H2,1-3H3,(H,19,23). The van der Waals surface area contributed by atoms with Crippen LogP contribution in [0.3, 0.4) is 0 Å². The lowest BCUT2D eigenvalue weighted by Gasteiger charge is -2.26. The van der Waals surface area contributed by atoms with Crippen molar-refractivity contribution in [1.29, 1.82) is 0 Å². The molecule has 3 rings (SSSR count). The largest absolute Gasteiger partial charge is 0.353 e. The van der Waals surface area contributed by atoms with Gasteiger partial charge in [0.2, 0.25) is 5.91 Å². The lowest BCUT2D eigenvalue weighted by molar-refractivity contribution is -0.122. The molecule has 0 bridgehead atoms. The summed E-state index contributed by atoms with van der Waals surface area (Å²) in [5.41, 5.74) is 2.58. The molecule has 5 heteroatoms. The lowest BCUT2D eigenvalue weighted by atomic mass is 10.1. The summed E-state index contributed by atoms with van der Waals surface area (Å²) in [6, 6.07) is 0.430. The van der Waals surface area contributed by atoms with Gasteiger partial charge in [0.25, 0.3) is 0 Å². The minimum Gasteiger partial charge on any atom is -0.353 e. The molecule has 0 radical (unpaired) electrons. The Morgan fingerprint density at radius 3 is 2.78 bits per heavy atom. The van der Waals surface area contributed by atoms with E-state index in [4.69, 9.17) is 4.98 Å². The third-order valence-electron chi connectivity index (χ3n) is 5.26. The van der Waals surface area contributed by atoms with Crippen molar-refractivity contribution in [3.8, 4) is 0 Å². The van der Waals surface area contributed by atoms with Crippen molar-refractivity contribution in [2.75, 3.05) is 13.1 Å². The van der Waals surface area contributed by atoms with Gasteiger partial charge in [-0.2, -0.15) is 0 Å². The predicted molar refractivity (Wildman–Crippen MR) is 91.3 cm³/mol. The van der Waals surface area contributed by atoms with E-state index < -0.39 is 0 Å². The van der Waals surface area contributed by atoms with E-state index in [1.807, 2.05) is 0 Å². The van der Waals surface area contributed by atoms with Crippen LogP contribution in [0, 0.1) is 0 Å². The van der Waals surface area contributed by atoms with E-state index >= 15 is 0 Å². The molecular formula is C18H30N4O. The normalized spacial score (nSPS) is 19.3. The number of hydrogen-bond acceptors (Lipinski definition) is 3. The topological polar surface area (TPSA) is 50.2 Å². The molecule has 23 heavy (non-hydrogen) atoms. The van der Waals surface area contributed by atoms with E-state index in [0.717, 1.165) is 38.9 Å². The molecule has 1 fully saturated rings. The Morgan fingerprint density at radius 1 is 1.35 bits per heavy atom. The molecule has 1 amide bonds. The quantitative estimate of drug-likeness (QED) is 0.906. The molecule has 0 saturated heterocycles. The number of aromatic nitrogens is 2. The van der Waals surface area contributed by atoms with Crippen LogP contribution in [-0.2, 0) is 24.8 Å². The molecule has 1 aliphatic heterocycles. The summed E-state index contributed by atoms with van der Waals surface area (Å²) in [4.78, 5) is 19.3. The van der Waals surface area contributed by atoms with Crippen molar-refractivity contribution in [3.63, 3.8) is 0 Å². The summed E-state index contributed by atoms with van der Waals surface area (Å²) in [6.45, 7) is 7.14. The highest BCUT2D eigenvalue weighted by molar-refractivity contribution is 5.76. The van der Waals surface area contributed by atoms with E-state index in [1.165, 1.54) is 30.1 Å². The highest BCUT2D eigenvalue weighted by Crippen LogP contribution is 2.23. The van der Waals surface area contributed by atoms with Crippen molar-refractivity contribution in [2.24, 2.45) is 7.05 Å². The van der Waals surface area contributed by atoms with Crippen LogP contribution in [0.4, 0.5) is 0 Å². The number of nitrogens with zero attached hydrogens (tertiary/aromatic N) is 3. The van der Waals surface area contributed by atoms with Crippen LogP contribution in [0.15, 0.2) is 0 Å². The summed E-state index contributed by atoms with van der Waals surface area (Å²) >= 11 is 0. The maximum atomic E-state index is 12.1. The number of carbonyl (C=O) groups excluding carboxylic acids is 1. The summed E-state index contributed by atoms with van der Waals surface area (Å²) < 4.78 is 2.27. The second-order valence-corrected chi connectivity index (χ2v) is 7.40. The Hall–Kier alpha value is -1.36. The van der Waals surface area contributed by atoms with E-state index in [-0.39, 0.29) is 5.91 Å². The molecule has 2 aliphatic rings. The van der Waals surface area contributed by atoms with Gasteiger partial charge in [0.15, 0.2) is 0 Å². The fourth-order valence-electron chi connectivity index (χ4n) is 3.94. The van der Waals surface area contributed by atoms with Gasteiger partial charge in [-0.15, -0.1) is 0 Å². The fourth-order valence-corrected chi connectivity index (χ4v) is 3.94. The highest BCUT2D eigenvalue weighted by Gasteiger charge is 2.24. The Kier molecular flexibility index (Phi) is 5.05. The fraction of sp³-hybridized carbons (Fsp3) is 0.778. The molecular weight excluding hydrogens is 288 g/mol. The van der Waals surface area contributed by atoms with Crippen molar-refractivity contribution in [3.05, 3.63) is 17.2 Å².